The van der Waals surface area contributed by atoms with Gasteiger partial charge in [-0.1, -0.05) is 54.1 Å². The van der Waals surface area contributed by atoms with Crippen LogP contribution < -0.4 is 0 Å². The van der Waals surface area contributed by atoms with Crippen LogP contribution in [0.15, 0.2) is 48.5 Å². The summed E-state index contributed by atoms with van der Waals surface area (Å²) in [7, 11) is 0. The van der Waals surface area contributed by atoms with Crippen LogP contribution in [0.5, 0.6) is 0 Å². The van der Waals surface area contributed by atoms with E-state index in [1.54, 1.807) is 6.92 Å². The van der Waals surface area contributed by atoms with E-state index in [1.807, 2.05) is 30.3 Å². The first-order valence-electron chi connectivity index (χ1n) is 5.35. The molecule has 0 saturated heterocycles. The molecule has 2 rings (SSSR count). The minimum Gasteiger partial charge on any atom is -0.295 e. The van der Waals surface area contributed by atoms with Gasteiger partial charge in [-0.05, 0) is 25.0 Å². The molecular formula is C15H14O. The summed E-state index contributed by atoms with van der Waals surface area (Å²) >= 11 is 0. The van der Waals surface area contributed by atoms with E-state index < -0.39 is 0 Å². The fraction of sp³-hybridized carbons (Fsp3) is 0.133. The van der Waals surface area contributed by atoms with Crippen molar-refractivity contribution in [1.29, 1.82) is 0 Å². The van der Waals surface area contributed by atoms with Crippen LogP contribution in [-0.4, -0.2) is 5.78 Å². The Morgan fingerprint density at radius 1 is 0.938 bits per heavy atom. The van der Waals surface area contributed by atoms with Crippen molar-refractivity contribution in [2.24, 2.45) is 0 Å². The quantitative estimate of drug-likeness (QED) is 0.688. The topological polar surface area (TPSA) is 17.1 Å². The maximum Gasteiger partial charge on any atom is 0.159 e. The summed E-state index contributed by atoms with van der Waals surface area (Å²) in [6.45, 7) is 3.66. The highest BCUT2D eigenvalue weighted by molar-refractivity contribution is 5.94. The van der Waals surface area contributed by atoms with Gasteiger partial charge in [0.2, 0.25) is 0 Å². The average molecular weight is 210 g/mol. The van der Waals surface area contributed by atoms with E-state index in [4.69, 9.17) is 0 Å². The Morgan fingerprint density at radius 3 is 2.19 bits per heavy atom. The maximum absolute atomic E-state index is 11.1. The smallest absolute Gasteiger partial charge is 0.159 e. The Bertz CT molecular complexity index is 509. The van der Waals surface area contributed by atoms with Gasteiger partial charge in [0.25, 0.3) is 0 Å². The van der Waals surface area contributed by atoms with Gasteiger partial charge < -0.3 is 0 Å². The molecule has 0 N–H and O–H groups in total. The molecule has 0 bridgehead atoms. The van der Waals surface area contributed by atoms with Crippen LogP contribution in [0.4, 0.5) is 0 Å². The van der Waals surface area contributed by atoms with Crippen molar-refractivity contribution in [2.45, 2.75) is 13.8 Å². The fourth-order valence-electron chi connectivity index (χ4n) is 1.72. The first-order chi connectivity index (χ1) is 7.66. The Hall–Kier alpha value is -1.89. The second kappa shape index (κ2) is 4.31. The van der Waals surface area contributed by atoms with E-state index in [0.717, 1.165) is 11.1 Å². The number of aryl methyl sites for hydroxylation is 1. The fourth-order valence-corrected chi connectivity index (χ4v) is 1.72. The van der Waals surface area contributed by atoms with Gasteiger partial charge in [0.05, 0.1) is 0 Å². The van der Waals surface area contributed by atoms with Gasteiger partial charge in [-0.25, -0.2) is 0 Å². The van der Waals surface area contributed by atoms with Crippen LogP contribution in [0.3, 0.4) is 0 Å². The average Bonchev–Trinajstić information content (AvgIpc) is 2.29. The zero-order valence-electron chi connectivity index (χ0n) is 9.53. The van der Waals surface area contributed by atoms with Crippen LogP contribution >= 0.6 is 0 Å². The molecule has 0 aliphatic heterocycles. The minimum absolute atomic E-state index is 0.107. The lowest BCUT2D eigenvalue weighted by Gasteiger charge is -2.03. The third kappa shape index (κ3) is 2.19. The molecule has 1 heteroatoms. The number of benzene rings is 2. The van der Waals surface area contributed by atoms with E-state index in [0.29, 0.717) is 0 Å². The zero-order chi connectivity index (χ0) is 11.5. The number of carbonyl (C=O) groups excluding carboxylic acids is 1. The van der Waals surface area contributed by atoms with Crippen molar-refractivity contribution in [1.82, 2.24) is 0 Å². The van der Waals surface area contributed by atoms with Crippen molar-refractivity contribution in [2.75, 3.05) is 0 Å². The minimum atomic E-state index is 0.107. The Labute approximate surface area is 95.7 Å². The molecule has 0 radical (unpaired) electrons. The van der Waals surface area contributed by atoms with Crippen LogP contribution in [0.1, 0.15) is 22.8 Å². The molecule has 2 aromatic carbocycles. The summed E-state index contributed by atoms with van der Waals surface area (Å²) < 4.78 is 0. The van der Waals surface area contributed by atoms with Gasteiger partial charge in [-0.3, -0.25) is 4.79 Å². The van der Waals surface area contributed by atoms with Crippen molar-refractivity contribution in [3.63, 3.8) is 0 Å². The Morgan fingerprint density at radius 2 is 1.62 bits per heavy atom. The molecule has 1 nitrogen and oxygen atoms in total. The normalized spacial score (nSPS) is 10.1. The number of carbonyl (C=O) groups is 1. The first kappa shape index (κ1) is 10.6. The molecule has 0 spiro atoms. The van der Waals surface area contributed by atoms with Crippen LogP contribution in [-0.2, 0) is 0 Å². The number of hydrogen-bond acceptors (Lipinski definition) is 1. The van der Waals surface area contributed by atoms with E-state index in [9.17, 15) is 4.79 Å². The van der Waals surface area contributed by atoms with Crippen molar-refractivity contribution in [3.8, 4) is 11.1 Å². The molecule has 0 atom stereocenters. The Kier molecular flexibility index (Phi) is 2.86. The summed E-state index contributed by atoms with van der Waals surface area (Å²) in [4.78, 5) is 11.1. The summed E-state index contributed by atoms with van der Waals surface area (Å²) in [5, 5.41) is 0. The Balaban J connectivity index is 2.38. The standard InChI is InChI=1S/C15H14O/c1-11-4-3-5-15(10-11)14-8-6-13(7-9-14)12(2)16/h3-10H,1-2H3. The lowest BCUT2D eigenvalue weighted by molar-refractivity contribution is 0.101. The largest absolute Gasteiger partial charge is 0.295 e. The third-order valence-corrected chi connectivity index (χ3v) is 2.64. The van der Waals surface area contributed by atoms with Gasteiger partial charge in [-0.15, -0.1) is 0 Å². The van der Waals surface area contributed by atoms with E-state index in [-0.39, 0.29) is 5.78 Å². The molecule has 16 heavy (non-hydrogen) atoms. The summed E-state index contributed by atoms with van der Waals surface area (Å²) in [5.74, 6) is 0.107. The van der Waals surface area contributed by atoms with Gasteiger partial charge in [0.1, 0.15) is 0 Å². The second-order valence-electron chi connectivity index (χ2n) is 4.00. The molecule has 0 heterocycles. The highest BCUT2D eigenvalue weighted by Gasteiger charge is 2.00. The van der Waals surface area contributed by atoms with Gasteiger partial charge >= 0.3 is 0 Å². The predicted octanol–water partition coefficient (Wildman–Crippen LogP) is 3.86. The molecule has 0 aromatic heterocycles. The molecule has 0 aliphatic carbocycles. The van der Waals surface area contributed by atoms with E-state index in [1.165, 1.54) is 11.1 Å². The number of hydrogen-bond donors (Lipinski definition) is 0. The number of rotatable bonds is 2. The monoisotopic (exact) mass is 210 g/mol. The molecule has 2 aromatic rings. The number of ketones is 1. The second-order valence-corrected chi connectivity index (χ2v) is 4.00. The molecule has 0 aliphatic rings. The lowest BCUT2D eigenvalue weighted by Crippen LogP contribution is -1.90. The third-order valence-electron chi connectivity index (χ3n) is 2.64. The predicted molar refractivity (Wildman–Crippen MR) is 66.6 cm³/mol. The highest BCUT2D eigenvalue weighted by atomic mass is 16.1. The van der Waals surface area contributed by atoms with Crippen LogP contribution in [0, 0.1) is 6.92 Å². The van der Waals surface area contributed by atoms with Crippen LogP contribution in [0.25, 0.3) is 11.1 Å². The summed E-state index contributed by atoms with van der Waals surface area (Å²) in [5.41, 5.74) is 4.34. The maximum atomic E-state index is 11.1. The van der Waals surface area contributed by atoms with Gasteiger partial charge in [0, 0.05) is 5.56 Å². The van der Waals surface area contributed by atoms with Crippen molar-refractivity contribution < 1.29 is 4.79 Å². The van der Waals surface area contributed by atoms with Crippen LogP contribution in [0.2, 0.25) is 0 Å². The summed E-state index contributed by atoms with van der Waals surface area (Å²) in [6.07, 6.45) is 0. The SMILES string of the molecule is CC(=O)c1ccc(-c2cccc(C)c2)cc1. The lowest BCUT2D eigenvalue weighted by atomic mass is 10.0. The molecule has 0 fully saturated rings. The molecule has 0 amide bonds. The summed E-state index contributed by atoms with van der Waals surface area (Å²) in [6, 6.07) is 16.1. The molecule has 0 unspecified atom stereocenters. The molecule has 0 saturated carbocycles. The molecular weight excluding hydrogens is 196 g/mol. The van der Waals surface area contributed by atoms with Gasteiger partial charge in [0.15, 0.2) is 5.78 Å². The first-order valence-corrected chi connectivity index (χ1v) is 5.35. The number of Topliss-reactive ketones (excluding diaryl/α,β-unsaturated/α-hetero) is 1. The molecule has 80 valence electrons. The van der Waals surface area contributed by atoms with E-state index in [2.05, 4.69) is 25.1 Å². The zero-order valence-corrected chi connectivity index (χ0v) is 9.53. The van der Waals surface area contributed by atoms with Gasteiger partial charge in [-0.2, -0.15) is 0 Å². The van der Waals surface area contributed by atoms with Crippen molar-refractivity contribution in [3.05, 3.63) is 59.7 Å². The van der Waals surface area contributed by atoms with E-state index >= 15 is 0 Å². The van der Waals surface area contributed by atoms with Crippen molar-refractivity contribution >= 4 is 5.78 Å². The highest BCUT2D eigenvalue weighted by Crippen LogP contribution is 2.20.